The van der Waals surface area contributed by atoms with Crippen LogP contribution in [0.4, 0.5) is 5.69 Å². The second-order valence-electron chi connectivity index (χ2n) is 4.59. The molecule has 0 bridgehead atoms. The van der Waals surface area contributed by atoms with Gasteiger partial charge in [0.25, 0.3) is 0 Å². The van der Waals surface area contributed by atoms with Crippen LogP contribution in [0, 0.1) is 6.92 Å². The van der Waals surface area contributed by atoms with Crippen molar-refractivity contribution in [2.45, 2.75) is 6.92 Å². The van der Waals surface area contributed by atoms with Crippen LogP contribution in [0.5, 0.6) is 0 Å². The first-order valence-corrected chi connectivity index (χ1v) is 7.75. The van der Waals surface area contributed by atoms with Gasteiger partial charge in [0.1, 0.15) is 0 Å². The molecule has 3 rings (SSSR count). The molecule has 0 fully saturated rings. The Labute approximate surface area is 138 Å². The predicted octanol–water partition coefficient (Wildman–Crippen LogP) is 3.74. The molecule has 5 nitrogen and oxygen atoms in total. The van der Waals surface area contributed by atoms with E-state index in [1.165, 1.54) is 0 Å². The topological polar surface area (TPSA) is 69.6 Å². The Morgan fingerprint density at radius 3 is 2.57 bits per heavy atom. The fourth-order valence-corrected chi connectivity index (χ4v) is 2.67. The van der Waals surface area contributed by atoms with Crippen LogP contribution in [0.25, 0.3) is 17.1 Å². The zero-order valence-corrected chi connectivity index (χ0v) is 14.3. The normalized spacial score (nSPS) is 10.8. The summed E-state index contributed by atoms with van der Waals surface area (Å²) in [5.74, 6) is 0.635. The smallest absolute Gasteiger partial charge is 0.188 e. The lowest BCUT2D eigenvalue weighted by molar-refractivity contribution is 0.790. The van der Waals surface area contributed by atoms with E-state index in [1.54, 1.807) is 4.68 Å². The van der Waals surface area contributed by atoms with E-state index in [4.69, 9.17) is 5.73 Å². The largest absolute Gasteiger partial charge is 0.399 e. The van der Waals surface area contributed by atoms with E-state index in [0.717, 1.165) is 25.8 Å². The summed E-state index contributed by atoms with van der Waals surface area (Å²) >= 11 is 7.00. The zero-order chi connectivity index (χ0) is 15.0. The average Bonchev–Trinajstić information content (AvgIpc) is 2.93. The second-order valence-corrected chi connectivity index (χ2v) is 6.30. The summed E-state index contributed by atoms with van der Waals surface area (Å²) in [7, 11) is 0. The highest BCUT2D eigenvalue weighted by atomic mass is 79.9. The Bertz CT molecular complexity index is 813. The summed E-state index contributed by atoms with van der Waals surface area (Å²) in [4.78, 5) is 0. The van der Waals surface area contributed by atoms with Gasteiger partial charge in [-0.05, 0) is 59.3 Å². The van der Waals surface area contributed by atoms with Crippen molar-refractivity contribution in [2.24, 2.45) is 0 Å². The molecule has 2 aromatic carbocycles. The first-order chi connectivity index (χ1) is 10.1. The van der Waals surface area contributed by atoms with E-state index in [0.29, 0.717) is 11.5 Å². The van der Waals surface area contributed by atoms with Gasteiger partial charge in [-0.15, -0.1) is 5.10 Å². The van der Waals surface area contributed by atoms with Gasteiger partial charge in [-0.1, -0.05) is 31.9 Å². The first kappa shape index (κ1) is 14.2. The second kappa shape index (κ2) is 5.57. The van der Waals surface area contributed by atoms with E-state index >= 15 is 0 Å². The minimum atomic E-state index is 0.635. The summed E-state index contributed by atoms with van der Waals surface area (Å²) in [5.41, 5.74) is 9.38. The van der Waals surface area contributed by atoms with Crippen LogP contribution in [0.1, 0.15) is 5.56 Å². The van der Waals surface area contributed by atoms with Gasteiger partial charge in [0.05, 0.1) is 5.69 Å². The number of tetrazole rings is 1. The SMILES string of the molecule is Cc1cc(-n2nnnc2-c2cc(N)ccc2Br)ccc1Br. The van der Waals surface area contributed by atoms with Crippen LogP contribution in [0.2, 0.25) is 0 Å². The van der Waals surface area contributed by atoms with Crippen molar-refractivity contribution in [3.63, 3.8) is 0 Å². The number of hydrogen-bond acceptors (Lipinski definition) is 4. The Morgan fingerprint density at radius 2 is 1.81 bits per heavy atom. The number of nitrogens with two attached hydrogens (primary N) is 1. The molecule has 21 heavy (non-hydrogen) atoms. The first-order valence-electron chi connectivity index (χ1n) is 6.16. The number of benzene rings is 2. The van der Waals surface area contributed by atoms with E-state index < -0.39 is 0 Å². The van der Waals surface area contributed by atoms with Gasteiger partial charge in [-0.3, -0.25) is 0 Å². The molecule has 7 heteroatoms. The maximum Gasteiger partial charge on any atom is 0.188 e. The number of rotatable bonds is 2. The highest BCUT2D eigenvalue weighted by Crippen LogP contribution is 2.30. The average molecular weight is 409 g/mol. The van der Waals surface area contributed by atoms with Crippen LogP contribution in [-0.2, 0) is 0 Å². The van der Waals surface area contributed by atoms with E-state index in [9.17, 15) is 0 Å². The number of nitrogen functional groups attached to an aromatic ring is 1. The van der Waals surface area contributed by atoms with Crippen molar-refractivity contribution in [3.05, 3.63) is 50.9 Å². The molecular weight excluding hydrogens is 398 g/mol. The van der Waals surface area contributed by atoms with E-state index in [2.05, 4.69) is 47.4 Å². The molecule has 0 aliphatic rings. The number of nitrogens with zero attached hydrogens (tertiary/aromatic N) is 4. The lowest BCUT2D eigenvalue weighted by atomic mass is 10.2. The lowest BCUT2D eigenvalue weighted by Gasteiger charge is -2.08. The monoisotopic (exact) mass is 407 g/mol. The highest BCUT2D eigenvalue weighted by Gasteiger charge is 2.14. The molecule has 0 spiro atoms. The van der Waals surface area contributed by atoms with Gasteiger partial charge < -0.3 is 5.73 Å². The number of aryl methyl sites for hydroxylation is 1. The van der Waals surface area contributed by atoms with Crippen molar-refractivity contribution < 1.29 is 0 Å². The van der Waals surface area contributed by atoms with Crippen LogP contribution < -0.4 is 5.73 Å². The van der Waals surface area contributed by atoms with Crippen molar-refractivity contribution >= 4 is 37.5 Å². The van der Waals surface area contributed by atoms with Crippen LogP contribution in [0.15, 0.2) is 45.3 Å². The van der Waals surface area contributed by atoms with Crippen molar-refractivity contribution in [2.75, 3.05) is 5.73 Å². The summed E-state index contributed by atoms with van der Waals surface area (Å²) in [6.07, 6.45) is 0. The minimum Gasteiger partial charge on any atom is -0.399 e. The molecule has 0 amide bonds. The summed E-state index contributed by atoms with van der Waals surface area (Å²) < 4.78 is 3.63. The molecule has 0 aliphatic heterocycles. The molecule has 3 aromatic rings. The number of halogens is 2. The molecule has 0 radical (unpaired) electrons. The maximum atomic E-state index is 5.86. The van der Waals surface area contributed by atoms with Gasteiger partial charge in [0.2, 0.25) is 0 Å². The molecule has 1 aromatic heterocycles. The number of hydrogen-bond donors (Lipinski definition) is 1. The maximum absolute atomic E-state index is 5.86. The standard InChI is InChI=1S/C14H11Br2N5/c1-8-6-10(3-5-12(8)15)21-14(18-19-20-21)11-7-9(17)2-4-13(11)16/h2-7H,17H2,1H3. The van der Waals surface area contributed by atoms with Crippen LogP contribution >= 0.6 is 31.9 Å². The van der Waals surface area contributed by atoms with Gasteiger partial charge in [0, 0.05) is 20.2 Å². The molecule has 0 aliphatic carbocycles. The zero-order valence-electron chi connectivity index (χ0n) is 11.1. The molecule has 0 atom stereocenters. The Hall–Kier alpha value is -1.73. The summed E-state index contributed by atoms with van der Waals surface area (Å²) in [6.45, 7) is 2.02. The third-order valence-corrected chi connectivity index (χ3v) is 4.67. The van der Waals surface area contributed by atoms with Crippen LogP contribution in [-0.4, -0.2) is 20.2 Å². The van der Waals surface area contributed by atoms with Crippen molar-refractivity contribution in [1.29, 1.82) is 0 Å². The third-order valence-electron chi connectivity index (χ3n) is 3.09. The van der Waals surface area contributed by atoms with Gasteiger partial charge in [-0.25, -0.2) is 0 Å². The highest BCUT2D eigenvalue weighted by molar-refractivity contribution is 9.10. The summed E-state index contributed by atoms with van der Waals surface area (Å²) in [6, 6.07) is 11.5. The fraction of sp³-hybridized carbons (Fsp3) is 0.0714. The lowest BCUT2D eigenvalue weighted by Crippen LogP contribution is -2.01. The van der Waals surface area contributed by atoms with Crippen molar-refractivity contribution in [3.8, 4) is 17.1 Å². The molecule has 2 N–H and O–H groups in total. The molecule has 1 heterocycles. The van der Waals surface area contributed by atoms with Crippen molar-refractivity contribution in [1.82, 2.24) is 20.2 Å². The van der Waals surface area contributed by atoms with E-state index in [1.807, 2.05) is 43.3 Å². The van der Waals surface area contributed by atoms with Gasteiger partial charge in [-0.2, -0.15) is 4.68 Å². The Balaban J connectivity index is 2.17. The van der Waals surface area contributed by atoms with E-state index in [-0.39, 0.29) is 0 Å². The molecular formula is C14H11Br2N5. The number of aromatic nitrogens is 4. The summed E-state index contributed by atoms with van der Waals surface area (Å²) in [5, 5.41) is 12.0. The molecule has 0 saturated carbocycles. The number of anilines is 1. The van der Waals surface area contributed by atoms with Crippen LogP contribution in [0.3, 0.4) is 0 Å². The Kier molecular flexibility index (Phi) is 3.77. The minimum absolute atomic E-state index is 0.635. The third kappa shape index (κ3) is 2.71. The molecule has 0 unspecified atom stereocenters. The van der Waals surface area contributed by atoms with Gasteiger partial charge in [0.15, 0.2) is 5.82 Å². The quantitative estimate of drug-likeness (QED) is 0.655. The van der Waals surface area contributed by atoms with Gasteiger partial charge >= 0.3 is 0 Å². The predicted molar refractivity (Wildman–Crippen MR) is 89.1 cm³/mol. The molecule has 106 valence electrons. The Morgan fingerprint density at radius 1 is 1.05 bits per heavy atom. The fourth-order valence-electron chi connectivity index (χ4n) is 2.00. The molecule has 0 saturated heterocycles.